The van der Waals surface area contributed by atoms with Crippen LogP contribution in [0.5, 0.6) is 0 Å². The number of hydrogen-bond acceptors (Lipinski definition) is 14. The maximum atomic E-state index is 13.4. The van der Waals surface area contributed by atoms with E-state index in [1.165, 1.54) is 14.0 Å². The van der Waals surface area contributed by atoms with Crippen molar-refractivity contribution < 1.29 is 66.0 Å². The van der Waals surface area contributed by atoms with E-state index in [4.69, 9.17) is 37.3 Å². The first kappa shape index (κ1) is 36.1. The molecular formula is C24H39N2O14P. The highest BCUT2D eigenvalue weighted by molar-refractivity contribution is 7.41. The van der Waals surface area contributed by atoms with E-state index in [9.17, 15) is 28.8 Å². The van der Waals surface area contributed by atoms with Gasteiger partial charge in [0.1, 0.15) is 18.8 Å². The molecule has 0 aromatic rings. The van der Waals surface area contributed by atoms with Crippen molar-refractivity contribution in [2.24, 2.45) is 0 Å². The number of amides is 2. The summed E-state index contributed by atoms with van der Waals surface area (Å²) < 4.78 is 44.5. The van der Waals surface area contributed by atoms with Crippen LogP contribution in [0, 0.1) is 0 Å². The number of likely N-dealkylation sites (N-methyl/N-ethyl adjacent to an activating group) is 1. The van der Waals surface area contributed by atoms with Gasteiger partial charge in [-0.05, 0) is 13.8 Å². The van der Waals surface area contributed by atoms with E-state index in [1.54, 1.807) is 13.8 Å². The Labute approximate surface area is 239 Å². The summed E-state index contributed by atoms with van der Waals surface area (Å²) in [5.41, 5.74) is 0. The fourth-order valence-electron chi connectivity index (χ4n) is 3.97. The molecule has 2 amide bonds. The fraction of sp³-hybridized carbons (Fsp3) is 0.750. The van der Waals surface area contributed by atoms with Gasteiger partial charge >= 0.3 is 32.5 Å². The molecule has 17 heteroatoms. The van der Waals surface area contributed by atoms with Gasteiger partial charge in [0.05, 0.1) is 25.7 Å². The zero-order valence-electron chi connectivity index (χ0n) is 24.4. The third kappa shape index (κ3) is 11.5. The van der Waals surface area contributed by atoms with Gasteiger partial charge in [-0.25, -0.2) is 0 Å². The predicted octanol–water partition coefficient (Wildman–Crippen LogP) is 0.397. The molecule has 234 valence electrons. The summed E-state index contributed by atoms with van der Waals surface area (Å²) in [4.78, 5) is 73.7. The first-order chi connectivity index (χ1) is 19.2. The Morgan fingerprint density at radius 3 is 1.93 bits per heavy atom. The number of nitrogens with one attached hydrogen (secondary N) is 2. The van der Waals surface area contributed by atoms with Crippen LogP contribution in [-0.2, 0) is 66.0 Å². The molecule has 1 rings (SSSR count). The first-order valence-electron chi connectivity index (χ1n) is 12.8. The molecule has 1 fully saturated rings. The van der Waals surface area contributed by atoms with Crippen LogP contribution in [0.4, 0.5) is 0 Å². The lowest BCUT2D eigenvalue weighted by Crippen LogP contribution is -2.70. The number of esters is 4. The minimum atomic E-state index is -2.30. The number of hydrogen-bond donors (Lipinski definition) is 2. The van der Waals surface area contributed by atoms with Crippen LogP contribution >= 0.6 is 8.60 Å². The monoisotopic (exact) mass is 610 g/mol. The van der Waals surface area contributed by atoms with Gasteiger partial charge in [-0.2, -0.15) is 0 Å². The molecule has 1 heterocycles. The minimum absolute atomic E-state index is 0.133. The molecule has 0 radical (unpaired) electrons. The zero-order chi connectivity index (χ0) is 31.3. The summed E-state index contributed by atoms with van der Waals surface area (Å²) in [5.74, 6) is -7.02. The van der Waals surface area contributed by atoms with Crippen molar-refractivity contribution in [2.75, 3.05) is 26.9 Å². The third-order valence-electron chi connectivity index (χ3n) is 5.26. The van der Waals surface area contributed by atoms with Crippen molar-refractivity contribution in [3.63, 3.8) is 0 Å². The molecule has 0 saturated carbocycles. The Bertz CT molecular complexity index is 943. The molecular weight excluding hydrogens is 571 g/mol. The number of carbonyl (C=O) groups excluding carboxylic acids is 6. The van der Waals surface area contributed by atoms with Crippen LogP contribution in [0.15, 0.2) is 0 Å². The topological polar surface area (TPSA) is 200 Å². The summed E-state index contributed by atoms with van der Waals surface area (Å²) in [6, 6.07) is -1.29. The van der Waals surface area contributed by atoms with Crippen molar-refractivity contribution in [3.05, 3.63) is 0 Å². The van der Waals surface area contributed by atoms with Crippen LogP contribution in [0.25, 0.3) is 0 Å². The molecule has 1 aliphatic rings. The van der Waals surface area contributed by atoms with Gasteiger partial charge in [0.15, 0.2) is 12.2 Å². The molecule has 1 aliphatic heterocycles. The third-order valence-corrected chi connectivity index (χ3v) is 6.64. The van der Waals surface area contributed by atoms with Crippen LogP contribution in [0.3, 0.4) is 0 Å². The molecule has 0 unspecified atom stereocenters. The van der Waals surface area contributed by atoms with Crippen molar-refractivity contribution in [1.29, 1.82) is 0 Å². The number of ether oxygens (including phenoxy) is 5. The Kier molecular flexibility index (Phi) is 15.1. The molecule has 0 spiro atoms. The quantitative estimate of drug-likeness (QED) is 0.147. The SMILES string of the molecule is CCOP(OCC)O[C@@]1(C(=O)NC)C[C@H](OC(C)=O)[C@@H](NC(C)=O)[C@H]([C@H](OC(C)=O)[C@@H](COC(C)=O)OC(C)=O)O1. The molecule has 41 heavy (non-hydrogen) atoms. The van der Waals surface area contributed by atoms with Crippen LogP contribution in [0.1, 0.15) is 54.9 Å². The second kappa shape index (κ2) is 17.1. The van der Waals surface area contributed by atoms with E-state index < -0.39 is 93.6 Å². The summed E-state index contributed by atoms with van der Waals surface area (Å²) in [6.45, 7) is 8.50. The van der Waals surface area contributed by atoms with E-state index in [1.807, 2.05) is 0 Å². The first-order valence-corrected chi connectivity index (χ1v) is 13.9. The Morgan fingerprint density at radius 1 is 0.902 bits per heavy atom. The average Bonchev–Trinajstić information content (AvgIpc) is 2.85. The van der Waals surface area contributed by atoms with Gasteiger partial charge in [0.25, 0.3) is 11.7 Å². The number of carbonyl (C=O) groups is 6. The molecule has 0 aliphatic carbocycles. The summed E-state index contributed by atoms with van der Waals surface area (Å²) >= 11 is 0. The summed E-state index contributed by atoms with van der Waals surface area (Å²) in [5, 5.41) is 5.00. The summed E-state index contributed by atoms with van der Waals surface area (Å²) in [6.07, 6.45) is -6.53. The lowest BCUT2D eigenvalue weighted by Gasteiger charge is -2.49. The second-order valence-corrected chi connectivity index (χ2v) is 9.81. The highest BCUT2D eigenvalue weighted by Crippen LogP contribution is 2.48. The fourth-order valence-corrected chi connectivity index (χ4v) is 5.01. The lowest BCUT2D eigenvalue weighted by molar-refractivity contribution is -0.283. The van der Waals surface area contributed by atoms with Gasteiger partial charge in [0, 0.05) is 41.7 Å². The average molecular weight is 611 g/mol. The smallest absolute Gasteiger partial charge is 0.335 e. The van der Waals surface area contributed by atoms with Gasteiger partial charge in [-0.15, -0.1) is 0 Å². The lowest BCUT2D eigenvalue weighted by atomic mass is 9.87. The van der Waals surface area contributed by atoms with E-state index in [0.717, 1.165) is 27.7 Å². The van der Waals surface area contributed by atoms with E-state index in [2.05, 4.69) is 10.6 Å². The molecule has 16 nitrogen and oxygen atoms in total. The maximum Gasteiger partial charge on any atom is 0.335 e. The molecule has 0 aromatic carbocycles. The maximum absolute atomic E-state index is 13.4. The largest absolute Gasteiger partial charge is 0.462 e. The molecule has 2 N–H and O–H groups in total. The van der Waals surface area contributed by atoms with E-state index >= 15 is 0 Å². The number of rotatable bonds is 15. The van der Waals surface area contributed by atoms with E-state index in [-0.39, 0.29) is 13.2 Å². The van der Waals surface area contributed by atoms with Gasteiger partial charge < -0.3 is 43.4 Å². The highest BCUT2D eigenvalue weighted by Gasteiger charge is 2.59. The summed E-state index contributed by atoms with van der Waals surface area (Å²) in [7, 11) is -0.923. The normalized spacial score (nSPS) is 23.5. The van der Waals surface area contributed by atoms with Crippen LogP contribution < -0.4 is 10.6 Å². The van der Waals surface area contributed by atoms with Gasteiger partial charge in [0.2, 0.25) is 5.91 Å². The molecule has 0 bridgehead atoms. The van der Waals surface area contributed by atoms with Crippen LogP contribution in [-0.4, -0.2) is 98.8 Å². The van der Waals surface area contributed by atoms with Crippen molar-refractivity contribution in [3.8, 4) is 0 Å². The Balaban J connectivity index is 3.90. The van der Waals surface area contributed by atoms with Gasteiger partial charge in [-0.1, -0.05) is 0 Å². The molecule has 0 aromatic heterocycles. The predicted molar refractivity (Wildman–Crippen MR) is 138 cm³/mol. The molecule has 6 atom stereocenters. The Hall–Kier alpha value is -2.91. The highest BCUT2D eigenvalue weighted by atomic mass is 31.2. The van der Waals surface area contributed by atoms with Crippen molar-refractivity contribution in [1.82, 2.24) is 10.6 Å². The van der Waals surface area contributed by atoms with Crippen molar-refractivity contribution >= 4 is 44.3 Å². The Morgan fingerprint density at radius 2 is 1.49 bits per heavy atom. The second-order valence-electron chi connectivity index (χ2n) is 8.67. The van der Waals surface area contributed by atoms with Crippen LogP contribution in [0.2, 0.25) is 0 Å². The van der Waals surface area contributed by atoms with Crippen molar-refractivity contribution in [2.45, 2.75) is 91.1 Å². The zero-order valence-corrected chi connectivity index (χ0v) is 25.3. The van der Waals surface area contributed by atoms with Gasteiger partial charge in [-0.3, -0.25) is 33.3 Å². The minimum Gasteiger partial charge on any atom is -0.462 e. The standard InChI is InChI=1S/C24H39N2O14P/c1-9-34-41(35-10-2)40-24(23(32)25-8)11-18(36-15(5)29)20(26-13(3)27)22(39-24)21(38-17(7)31)19(37-16(6)30)12-33-14(4)28/h18-22H,9-12H2,1-8H3,(H,25,32)(H,26,27)/t18-,19+,20+,21+,22+,24+/m0/s1. The molecule has 1 saturated heterocycles. The van der Waals surface area contributed by atoms with E-state index in [0.29, 0.717) is 0 Å².